The summed E-state index contributed by atoms with van der Waals surface area (Å²) in [5.41, 5.74) is 6.14. The number of benzene rings is 1. The highest BCUT2D eigenvalue weighted by Gasteiger charge is 2.46. The molecule has 0 amide bonds. The van der Waals surface area contributed by atoms with Gasteiger partial charge in [0.2, 0.25) is 0 Å². The van der Waals surface area contributed by atoms with Crippen LogP contribution in [0.4, 0.5) is 0 Å². The van der Waals surface area contributed by atoms with Crippen LogP contribution in [0.25, 0.3) is 0 Å². The molecule has 0 saturated heterocycles. The maximum Gasteiger partial charge on any atom is 0.177 e. The van der Waals surface area contributed by atoms with Crippen molar-refractivity contribution in [3.63, 3.8) is 0 Å². The van der Waals surface area contributed by atoms with Gasteiger partial charge < -0.3 is 15.2 Å². The van der Waals surface area contributed by atoms with E-state index >= 15 is 0 Å². The van der Waals surface area contributed by atoms with Crippen LogP contribution in [0.2, 0.25) is 0 Å². The number of hydrogen-bond acceptors (Lipinski definition) is 4. The highest BCUT2D eigenvalue weighted by Crippen LogP contribution is 2.49. The first kappa shape index (κ1) is 12.0. The van der Waals surface area contributed by atoms with Gasteiger partial charge in [-0.2, -0.15) is 0 Å². The molecule has 0 atom stereocenters. The molecule has 18 heavy (non-hydrogen) atoms. The van der Waals surface area contributed by atoms with Crippen LogP contribution in [-0.4, -0.2) is 25.5 Å². The van der Waals surface area contributed by atoms with Crippen molar-refractivity contribution in [3.05, 3.63) is 22.2 Å². The van der Waals surface area contributed by atoms with Gasteiger partial charge in [-0.1, -0.05) is 0 Å². The van der Waals surface area contributed by atoms with Crippen molar-refractivity contribution in [1.29, 1.82) is 0 Å². The molecule has 0 radical (unpaired) electrons. The fourth-order valence-corrected chi connectivity index (χ4v) is 2.60. The lowest BCUT2D eigenvalue weighted by Gasteiger charge is -2.10. The van der Waals surface area contributed by atoms with Crippen molar-refractivity contribution in [2.45, 2.75) is 12.8 Å². The standard InChI is InChI=1S/C13H14BrNO3/c14-9-4-12-11(3-8(9)10(16)5-15)17-6-13(1-2-13)7-18-12/h3-4H,1-2,5-7,15H2. The molecular weight excluding hydrogens is 298 g/mol. The number of fused-ring (bicyclic) bond motifs is 1. The Morgan fingerprint density at radius 1 is 1.28 bits per heavy atom. The lowest BCUT2D eigenvalue weighted by atomic mass is 10.1. The number of carbonyl (C=O) groups excluding carboxylic acids is 1. The van der Waals surface area contributed by atoms with Crippen molar-refractivity contribution >= 4 is 21.7 Å². The van der Waals surface area contributed by atoms with Crippen molar-refractivity contribution < 1.29 is 14.3 Å². The second-order valence-corrected chi connectivity index (χ2v) is 5.84. The third-order valence-corrected chi connectivity index (χ3v) is 4.20. The molecule has 0 unspecified atom stereocenters. The number of halogens is 1. The summed E-state index contributed by atoms with van der Waals surface area (Å²) < 4.78 is 12.3. The number of rotatable bonds is 2. The second kappa shape index (κ2) is 4.24. The predicted octanol–water partition coefficient (Wildman–Crippen LogP) is 2.14. The van der Waals surface area contributed by atoms with Crippen LogP contribution in [-0.2, 0) is 0 Å². The normalized spacial score (nSPS) is 19.4. The molecule has 1 aliphatic carbocycles. The van der Waals surface area contributed by atoms with E-state index in [0.717, 1.165) is 12.8 Å². The van der Waals surface area contributed by atoms with Crippen LogP contribution in [0.1, 0.15) is 23.2 Å². The quantitative estimate of drug-likeness (QED) is 0.850. The minimum atomic E-state index is -0.112. The van der Waals surface area contributed by atoms with Crippen LogP contribution in [0, 0.1) is 5.41 Å². The number of ether oxygens (including phenoxy) is 2. The van der Waals surface area contributed by atoms with Crippen LogP contribution in [0.3, 0.4) is 0 Å². The zero-order valence-corrected chi connectivity index (χ0v) is 11.5. The van der Waals surface area contributed by atoms with E-state index < -0.39 is 0 Å². The smallest absolute Gasteiger partial charge is 0.177 e. The summed E-state index contributed by atoms with van der Waals surface area (Å²) in [6.07, 6.45) is 2.30. The molecule has 1 heterocycles. The Labute approximate surface area is 114 Å². The van der Waals surface area contributed by atoms with E-state index in [1.54, 1.807) is 12.1 Å². The Morgan fingerprint density at radius 3 is 2.44 bits per heavy atom. The van der Waals surface area contributed by atoms with Crippen molar-refractivity contribution in [3.8, 4) is 11.5 Å². The number of hydrogen-bond donors (Lipinski definition) is 1. The summed E-state index contributed by atoms with van der Waals surface area (Å²) in [5.74, 6) is 1.22. The third-order valence-electron chi connectivity index (χ3n) is 3.54. The van der Waals surface area contributed by atoms with E-state index in [0.29, 0.717) is 34.7 Å². The average Bonchev–Trinajstić information content (AvgIpc) is 3.16. The molecule has 1 saturated carbocycles. The summed E-state index contributed by atoms with van der Waals surface area (Å²) >= 11 is 3.37. The fourth-order valence-electron chi connectivity index (χ4n) is 2.05. The van der Waals surface area contributed by atoms with E-state index in [1.807, 2.05) is 0 Å². The Hall–Kier alpha value is -1.07. The van der Waals surface area contributed by atoms with Crippen molar-refractivity contribution in [2.75, 3.05) is 19.8 Å². The molecule has 1 aromatic rings. The van der Waals surface area contributed by atoms with Gasteiger partial charge in [-0.05, 0) is 40.9 Å². The molecule has 96 valence electrons. The lowest BCUT2D eigenvalue weighted by molar-refractivity contribution is 0.1000. The minimum absolute atomic E-state index is 0.0117. The van der Waals surface area contributed by atoms with E-state index in [9.17, 15) is 4.79 Å². The molecule has 1 aromatic carbocycles. The first-order chi connectivity index (χ1) is 8.63. The zero-order valence-electron chi connectivity index (χ0n) is 9.87. The molecule has 0 bridgehead atoms. The second-order valence-electron chi connectivity index (χ2n) is 4.98. The molecule has 1 fully saturated rings. The SMILES string of the molecule is NCC(=O)c1cc2c(cc1Br)OCC1(CC1)CO2. The summed E-state index contributed by atoms with van der Waals surface area (Å²) in [4.78, 5) is 11.7. The molecule has 3 rings (SSSR count). The van der Waals surface area contributed by atoms with Gasteiger partial charge in [0.25, 0.3) is 0 Å². The largest absolute Gasteiger partial charge is 0.489 e. The zero-order chi connectivity index (χ0) is 12.8. The Morgan fingerprint density at radius 2 is 1.89 bits per heavy atom. The van der Waals surface area contributed by atoms with E-state index in [2.05, 4.69) is 15.9 Å². The molecule has 1 spiro atoms. The predicted molar refractivity (Wildman–Crippen MR) is 70.2 cm³/mol. The Kier molecular flexibility index (Phi) is 2.83. The van der Waals surface area contributed by atoms with Crippen LogP contribution >= 0.6 is 15.9 Å². The molecular formula is C13H14BrNO3. The van der Waals surface area contributed by atoms with Gasteiger partial charge in [0.1, 0.15) is 0 Å². The first-order valence-corrected chi connectivity index (χ1v) is 6.75. The third kappa shape index (κ3) is 2.01. The fraction of sp³-hybridized carbons (Fsp3) is 0.462. The Balaban J connectivity index is 1.95. The van der Waals surface area contributed by atoms with Crippen LogP contribution < -0.4 is 15.2 Å². The average molecular weight is 312 g/mol. The summed E-state index contributed by atoms with van der Waals surface area (Å²) in [6.45, 7) is 1.34. The van der Waals surface area contributed by atoms with Gasteiger partial charge in [-0.15, -0.1) is 0 Å². The summed E-state index contributed by atoms with van der Waals surface area (Å²) in [7, 11) is 0. The molecule has 2 aliphatic rings. The lowest BCUT2D eigenvalue weighted by Crippen LogP contribution is -2.17. The highest BCUT2D eigenvalue weighted by molar-refractivity contribution is 9.10. The topological polar surface area (TPSA) is 61.6 Å². The Bertz CT molecular complexity index is 511. The molecule has 5 heteroatoms. The van der Waals surface area contributed by atoms with Gasteiger partial charge in [0, 0.05) is 15.5 Å². The van der Waals surface area contributed by atoms with E-state index in [1.165, 1.54) is 0 Å². The van der Waals surface area contributed by atoms with Gasteiger partial charge in [0.15, 0.2) is 17.3 Å². The van der Waals surface area contributed by atoms with Crippen molar-refractivity contribution in [1.82, 2.24) is 0 Å². The van der Waals surface area contributed by atoms with Gasteiger partial charge in [0.05, 0.1) is 19.8 Å². The maximum atomic E-state index is 11.7. The number of ketones is 1. The van der Waals surface area contributed by atoms with Gasteiger partial charge >= 0.3 is 0 Å². The molecule has 0 aromatic heterocycles. The monoisotopic (exact) mass is 311 g/mol. The van der Waals surface area contributed by atoms with Crippen LogP contribution in [0.5, 0.6) is 11.5 Å². The van der Waals surface area contributed by atoms with Crippen molar-refractivity contribution in [2.24, 2.45) is 11.1 Å². The molecule has 1 aliphatic heterocycles. The van der Waals surface area contributed by atoms with Crippen LogP contribution in [0.15, 0.2) is 16.6 Å². The first-order valence-electron chi connectivity index (χ1n) is 5.96. The molecule has 2 N–H and O–H groups in total. The summed E-state index contributed by atoms with van der Waals surface area (Å²) in [5, 5.41) is 0. The number of carbonyl (C=O) groups is 1. The highest BCUT2D eigenvalue weighted by atomic mass is 79.9. The van der Waals surface area contributed by atoms with E-state index in [4.69, 9.17) is 15.2 Å². The molecule has 4 nitrogen and oxygen atoms in total. The summed E-state index contributed by atoms with van der Waals surface area (Å²) in [6, 6.07) is 3.51. The minimum Gasteiger partial charge on any atom is -0.489 e. The van der Waals surface area contributed by atoms with Gasteiger partial charge in [-0.25, -0.2) is 0 Å². The van der Waals surface area contributed by atoms with E-state index in [-0.39, 0.29) is 17.7 Å². The number of Topliss-reactive ketones (excluding diaryl/α,β-unsaturated/α-hetero) is 1. The number of nitrogens with two attached hydrogens (primary N) is 1. The van der Waals surface area contributed by atoms with Gasteiger partial charge in [-0.3, -0.25) is 4.79 Å². The maximum absolute atomic E-state index is 11.7.